The van der Waals surface area contributed by atoms with Crippen LogP contribution in [0.1, 0.15) is 15.9 Å². The molecule has 0 radical (unpaired) electrons. The number of carbonyl (C=O) groups excluding carboxylic acids is 1. The van der Waals surface area contributed by atoms with Crippen LogP contribution in [0.2, 0.25) is 0 Å². The number of halogens is 3. The van der Waals surface area contributed by atoms with Crippen molar-refractivity contribution in [3.05, 3.63) is 59.9 Å². The van der Waals surface area contributed by atoms with Crippen molar-refractivity contribution >= 4 is 28.7 Å². The lowest BCUT2D eigenvalue weighted by atomic mass is 10.2. The molecule has 0 saturated heterocycles. The number of fused-ring (bicyclic) bond motifs is 1. The molecule has 2 aromatic heterocycles. The van der Waals surface area contributed by atoms with Crippen molar-refractivity contribution in [2.75, 3.05) is 0 Å². The van der Waals surface area contributed by atoms with Gasteiger partial charge in [0.1, 0.15) is 5.65 Å². The quantitative estimate of drug-likeness (QED) is 0.696. The van der Waals surface area contributed by atoms with E-state index in [1.807, 2.05) is 12.1 Å². The van der Waals surface area contributed by atoms with Crippen LogP contribution in [0, 0.1) is 0 Å². The summed E-state index contributed by atoms with van der Waals surface area (Å²) in [5.41, 5.74) is -2.44. The summed E-state index contributed by atoms with van der Waals surface area (Å²) in [4.78, 5) is 19.3. The van der Waals surface area contributed by atoms with Gasteiger partial charge < -0.3 is 10.3 Å². The van der Waals surface area contributed by atoms with Gasteiger partial charge >= 0.3 is 5.51 Å². The number of rotatable bonds is 4. The van der Waals surface area contributed by atoms with Crippen LogP contribution in [-0.4, -0.2) is 21.4 Å². The van der Waals surface area contributed by atoms with Crippen LogP contribution in [0.3, 0.4) is 0 Å². The molecule has 0 unspecified atom stereocenters. The third kappa shape index (κ3) is 4.08. The zero-order valence-corrected chi connectivity index (χ0v) is 13.0. The first-order valence-corrected chi connectivity index (χ1v) is 7.78. The number of aromatic nitrogens is 2. The molecule has 0 saturated carbocycles. The van der Waals surface area contributed by atoms with Gasteiger partial charge in [0.15, 0.2) is 0 Å². The molecule has 2 N–H and O–H groups in total. The van der Waals surface area contributed by atoms with Gasteiger partial charge in [0.2, 0.25) is 0 Å². The largest absolute Gasteiger partial charge is 0.446 e. The van der Waals surface area contributed by atoms with Crippen LogP contribution in [0.4, 0.5) is 13.2 Å². The number of hydrogen-bond acceptors (Lipinski definition) is 3. The minimum atomic E-state index is -4.34. The predicted molar refractivity (Wildman–Crippen MR) is 85.6 cm³/mol. The number of nitrogens with one attached hydrogen (secondary N) is 2. The predicted octanol–water partition coefficient (Wildman–Crippen LogP) is 4.10. The first kappa shape index (κ1) is 16.4. The van der Waals surface area contributed by atoms with E-state index in [0.29, 0.717) is 5.56 Å². The first-order valence-electron chi connectivity index (χ1n) is 6.97. The molecule has 124 valence electrons. The average Bonchev–Trinajstić information content (AvgIpc) is 2.99. The second-order valence-electron chi connectivity index (χ2n) is 5.01. The topological polar surface area (TPSA) is 57.8 Å². The Morgan fingerprint density at radius 2 is 1.96 bits per heavy atom. The summed E-state index contributed by atoms with van der Waals surface area (Å²) in [5.74, 6) is -0.354. The van der Waals surface area contributed by atoms with Crippen LogP contribution in [0.5, 0.6) is 0 Å². The van der Waals surface area contributed by atoms with Gasteiger partial charge in [-0.25, -0.2) is 4.98 Å². The van der Waals surface area contributed by atoms with E-state index < -0.39 is 5.51 Å². The van der Waals surface area contributed by atoms with Crippen molar-refractivity contribution < 1.29 is 18.0 Å². The molecular weight excluding hydrogens is 339 g/mol. The summed E-state index contributed by atoms with van der Waals surface area (Å²) in [5, 5.41) is 3.66. The van der Waals surface area contributed by atoms with Gasteiger partial charge in [-0.2, -0.15) is 13.2 Å². The Hall–Kier alpha value is -2.48. The molecule has 2 heterocycles. The fourth-order valence-corrected chi connectivity index (χ4v) is 2.71. The summed E-state index contributed by atoms with van der Waals surface area (Å²) in [7, 11) is 0. The summed E-state index contributed by atoms with van der Waals surface area (Å²) in [6.45, 7) is 0.284. The number of thioether (sulfide) groups is 1. The van der Waals surface area contributed by atoms with Crippen molar-refractivity contribution in [2.45, 2.75) is 16.9 Å². The molecule has 0 aliphatic heterocycles. The van der Waals surface area contributed by atoms with E-state index in [1.54, 1.807) is 12.4 Å². The average molecular weight is 351 g/mol. The maximum atomic E-state index is 12.3. The number of alkyl halides is 3. The van der Waals surface area contributed by atoms with E-state index in [-0.39, 0.29) is 29.1 Å². The van der Waals surface area contributed by atoms with Crippen molar-refractivity contribution in [1.29, 1.82) is 0 Å². The highest BCUT2D eigenvalue weighted by Gasteiger charge is 2.29. The third-order valence-corrected chi connectivity index (χ3v) is 4.00. The molecule has 24 heavy (non-hydrogen) atoms. The Morgan fingerprint density at radius 1 is 1.21 bits per heavy atom. The number of aromatic amines is 1. The molecule has 0 aliphatic rings. The fraction of sp³-hybridized carbons (Fsp3) is 0.125. The Balaban J connectivity index is 1.62. The van der Waals surface area contributed by atoms with Crippen molar-refractivity contribution in [1.82, 2.24) is 15.3 Å². The van der Waals surface area contributed by atoms with E-state index in [2.05, 4.69) is 15.3 Å². The van der Waals surface area contributed by atoms with Crippen LogP contribution < -0.4 is 5.32 Å². The number of H-pyrrole nitrogens is 1. The molecule has 3 rings (SSSR count). The Labute approximate surface area is 139 Å². The second kappa shape index (κ2) is 6.56. The number of amides is 1. The van der Waals surface area contributed by atoms with Crippen molar-refractivity contribution in [3.63, 3.8) is 0 Å². The standard InChI is InChI=1S/C16H12F3N3OS/c17-16(18,19)24-13-3-1-11(2-4-13)15(23)22-9-10-7-12-5-6-20-14(12)21-8-10/h1-8H,9H2,(H,20,21)(H,22,23). The van der Waals surface area contributed by atoms with Gasteiger partial charge in [-0.1, -0.05) is 0 Å². The molecule has 0 fully saturated rings. The van der Waals surface area contributed by atoms with E-state index in [4.69, 9.17) is 0 Å². The molecule has 0 aliphatic carbocycles. The molecule has 8 heteroatoms. The Morgan fingerprint density at radius 3 is 2.67 bits per heavy atom. The van der Waals surface area contributed by atoms with Gasteiger partial charge in [0.25, 0.3) is 5.91 Å². The van der Waals surface area contributed by atoms with Gasteiger partial charge in [-0.05, 0) is 53.7 Å². The summed E-state index contributed by atoms with van der Waals surface area (Å²) < 4.78 is 36.8. The zero-order valence-electron chi connectivity index (χ0n) is 12.2. The third-order valence-electron chi connectivity index (χ3n) is 3.26. The zero-order chi connectivity index (χ0) is 17.2. The molecule has 4 nitrogen and oxygen atoms in total. The van der Waals surface area contributed by atoms with Crippen LogP contribution in [-0.2, 0) is 6.54 Å². The van der Waals surface area contributed by atoms with Gasteiger partial charge in [-0.15, -0.1) is 0 Å². The first-order chi connectivity index (χ1) is 11.4. The molecule has 0 atom stereocenters. The fourth-order valence-electron chi connectivity index (χ4n) is 2.17. The number of benzene rings is 1. The van der Waals surface area contributed by atoms with E-state index in [1.165, 1.54) is 24.3 Å². The van der Waals surface area contributed by atoms with Gasteiger partial charge in [0, 0.05) is 34.8 Å². The highest BCUT2D eigenvalue weighted by Crippen LogP contribution is 2.36. The van der Waals surface area contributed by atoms with Gasteiger partial charge in [0.05, 0.1) is 0 Å². The van der Waals surface area contributed by atoms with Crippen LogP contribution >= 0.6 is 11.8 Å². The number of nitrogens with zero attached hydrogens (tertiary/aromatic N) is 1. The van der Waals surface area contributed by atoms with Crippen LogP contribution in [0.25, 0.3) is 11.0 Å². The molecular formula is C16H12F3N3OS. The monoisotopic (exact) mass is 351 g/mol. The number of hydrogen-bond donors (Lipinski definition) is 2. The summed E-state index contributed by atoms with van der Waals surface area (Å²) in [6, 6.07) is 9.09. The SMILES string of the molecule is O=C(NCc1cnc2[nH]ccc2c1)c1ccc(SC(F)(F)F)cc1. The lowest BCUT2D eigenvalue weighted by molar-refractivity contribution is -0.0328. The summed E-state index contributed by atoms with van der Waals surface area (Å²) >= 11 is -0.210. The maximum Gasteiger partial charge on any atom is 0.446 e. The lowest BCUT2D eigenvalue weighted by Gasteiger charge is -2.08. The van der Waals surface area contributed by atoms with E-state index in [0.717, 1.165) is 16.6 Å². The molecule has 0 spiro atoms. The van der Waals surface area contributed by atoms with Crippen molar-refractivity contribution in [3.8, 4) is 0 Å². The smallest absolute Gasteiger partial charge is 0.348 e. The van der Waals surface area contributed by atoms with Gasteiger partial charge in [-0.3, -0.25) is 4.79 Å². The Bertz CT molecular complexity index is 859. The van der Waals surface area contributed by atoms with Crippen LogP contribution in [0.15, 0.2) is 53.7 Å². The number of carbonyl (C=O) groups is 1. The minimum absolute atomic E-state index is 0.0427. The molecule has 3 aromatic rings. The number of pyridine rings is 1. The lowest BCUT2D eigenvalue weighted by Crippen LogP contribution is -2.22. The highest BCUT2D eigenvalue weighted by atomic mass is 32.2. The molecule has 1 amide bonds. The van der Waals surface area contributed by atoms with E-state index >= 15 is 0 Å². The second-order valence-corrected chi connectivity index (χ2v) is 6.15. The molecule has 0 bridgehead atoms. The summed E-state index contributed by atoms with van der Waals surface area (Å²) in [6.07, 6.45) is 3.43. The van der Waals surface area contributed by atoms with E-state index in [9.17, 15) is 18.0 Å². The minimum Gasteiger partial charge on any atom is -0.348 e. The van der Waals surface area contributed by atoms with Crippen molar-refractivity contribution in [2.24, 2.45) is 0 Å². The maximum absolute atomic E-state index is 12.3. The normalized spacial score (nSPS) is 11.6. The molecule has 1 aromatic carbocycles. The highest BCUT2D eigenvalue weighted by molar-refractivity contribution is 8.00. The Kier molecular flexibility index (Phi) is 4.48.